The Morgan fingerprint density at radius 2 is 1.80 bits per heavy atom. The van der Waals surface area contributed by atoms with E-state index in [4.69, 9.17) is 10.6 Å². The molecule has 0 aromatic rings. The van der Waals surface area contributed by atoms with E-state index in [0.29, 0.717) is 5.41 Å². The molecule has 3 nitrogen and oxygen atoms in total. The van der Waals surface area contributed by atoms with Gasteiger partial charge in [0, 0.05) is 13.2 Å². The standard InChI is InChI=1S/C12H28N2O/c1-7-12(5,15-6)10(14-13)8-9-11(2,3)4/h10,14H,7-9,13H2,1-6H3. The number of hydrazine groups is 1. The molecule has 0 aromatic heterocycles. The monoisotopic (exact) mass is 216 g/mol. The van der Waals surface area contributed by atoms with Crippen molar-refractivity contribution in [1.29, 1.82) is 0 Å². The summed E-state index contributed by atoms with van der Waals surface area (Å²) in [6.07, 6.45) is 3.14. The first-order chi connectivity index (χ1) is 6.79. The van der Waals surface area contributed by atoms with E-state index in [1.54, 1.807) is 7.11 Å². The average Bonchev–Trinajstić information content (AvgIpc) is 2.16. The van der Waals surface area contributed by atoms with Gasteiger partial charge < -0.3 is 4.74 Å². The molecule has 0 fully saturated rings. The highest BCUT2D eigenvalue weighted by Crippen LogP contribution is 2.27. The first-order valence-electron chi connectivity index (χ1n) is 5.80. The molecule has 2 unspecified atom stereocenters. The van der Waals surface area contributed by atoms with Crippen molar-refractivity contribution in [1.82, 2.24) is 5.43 Å². The van der Waals surface area contributed by atoms with Crippen LogP contribution in [-0.2, 0) is 4.74 Å². The lowest BCUT2D eigenvalue weighted by atomic mass is 9.83. The van der Waals surface area contributed by atoms with Gasteiger partial charge in [0.25, 0.3) is 0 Å². The molecule has 3 heteroatoms. The first-order valence-corrected chi connectivity index (χ1v) is 5.80. The SMILES string of the molecule is CCC(C)(OC)C(CCC(C)(C)C)NN. The smallest absolute Gasteiger partial charge is 0.0813 e. The Hall–Kier alpha value is -0.120. The molecule has 0 amide bonds. The molecule has 0 aliphatic rings. The highest BCUT2D eigenvalue weighted by molar-refractivity contribution is 4.87. The highest BCUT2D eigenvalue weighted by Gasteiger charge is 2.32. The molecule has 0 radical (unpaired) electrons. The molecule has 0 bridgehead atoms. The van der Waals surface area contributed by atoms with Gasteiger partial charge >= 0.3 is 0 Å². The largest absolute Gasteiger partial charge is 0.377 e. The molecule has 92 valence electrons. The van der Waals surface area contributed by atoms with Crippen molar-refractivity contribution in [3.63, 3.8) is 0 Å². The summed E-state index contributed by atoms with van der Waals surface area (Å²) in [6.45, 7) is 11.0. The third kappa shape index (κ3) is 4.96. The zero-order valence-electron chi connectivity index (χ0n) is 11.2. The molecule has 3 N–H and O–H groups in total. The van der Waals surface area contributed by atoms with Crippen LogP contribution in [0, 0.1) is 5.41 Å². The molecule has 0 rings (SSSR count). The predicted molar refractivity (Wildman–Crippen MR) is 65.5 cm³/mol. The van der Waals surface area contributed by atoms with Gasteiger partial charge in [-0.2, -0.15) is 0 Å². The van der Waals surface area contributed by atoms with Crippen LogP contribution in [0.25, 0.3) is 0 Å². The van der Waals surface area contributed by atoms with E-state index in [-0.39, 0.29) is 11.6 Å². The van der Waals surface area contributed by atoms with Crippen LogP contribution in [0.3, 0.4) is 0 Å². The number of ether oxygens (including phenoxy) is 1. The van der Waals surface area contributed by atoms with Crippen LogP contribution in [0.4, 0.5) is 0 Å². The van der Waals surface area contributed by atoms with Crippen LogP contribution in [-0.4, -0.2) is 18.8 Å². The molecule has 0 aliphatic heterocycles. The molecular formula is C12H28N2O. The number of hydrogen-bond acceptors (Lipinski definition) is 3. The van der Waals surface area contributed by atoms with E-state index in [1.807, 2.05) is 0 Å². The Kier molecular flexibility index (Phi) is 5.78. The zero-order valence-corrected chi connectivity index (χ0v) is 11.2. The van der Waals surface area contributed by atoms with Gasteiger partial charge in [0.1, 0.15) is 0 Å². The summed E-state index contributed by atoms with van der Waals surface area (Å²) < 4.78 is 5.56. The maximum Gasteiger partial charge on any atom is 0.0813 e. The second kappa shape index (κ2) is 5.83. The van der Waals surface area contributed by atoms with Crippen LogP contribution in [0.5, 0.6) is 0 Å². The number of nitrogens with one attached hydrogen (secondary N) is 1. The lowest BCUT2D eigenvalue weighted by Gasteiger charge is -2.36. The Morgan fingerprint density at radius 1 is 1.27 bits per heavy atom. The second-order valence-corrected chi connectivity index (χ2v) is 5.69. The Bertz CT molecular complexity index is 171. The fourth-order valence-corrected chi connectivity index (χ4v) is 1.68. The van der Waals surface area contributed by atoms with Crippen LogP contribution in [0.15, 0.2) is 0 Å². The molecule has 0 saturated heterocycles. The Morgan fingerprint density at radius 3 is 2.07 bits per heavy atom. The summed E-state index contributed by atoms with van der Waals surface area (Å²) in [4.78, 5) is 0. The van der Waals surface area contributed by atoms with Crippen LogP contribution in [0.1, 0.15) is 53.9 Å². The summed E-state index contributed by atoms with van der Waals surface area (Å²) in [5, 5.41) is 0. The molecule has 0 heterocycles. The van der Waals surface area contributed by atoms with Crippen molar-refractivity contribution in [3.05, 3.63) is 0 Å². The van der Waals surface area contributed by atoms with Crippen molar-refractivity contribution in [2.75, 3.05) is 7.11 Å². The molecule has 0 aliphatic carbocycles. The molecule has 15 heavy (non-hydrogen) atoms. The van der Waals surface area contributed by atoms with Crippen molar-refractivity contribution in [3.8, 4) is 0 Å². The van der Waals surface area contributed by atoms with Crippen LogP contribution in [0.2, 0.25) is 0 Å². The number of nitrogens with two attached hydrogens (primary N) is 1. The fourth-order valence-electron chi connectivity index (χ4n) is 1.68. The number of methoxy groups -OCH3 is 1. The average molecular weight is 216 g/mol. The summed E-state index contributed by atoms with van der Waals surface area (Å²) in [5.41, 5.74) is 3.07. The first kappa shape index (κ1) is 14.9. The molecule has 2 atom stereocenters. The molecule has 0 saturated carbocycles. The third-order valence-corrected chi connectivity index (χ3v) is 3.29. The quantitative estimate of drug-likeness (QED) is 0.529. The van der Waals surface area contributed by atoms with Crippen molar-refractivity contribution < 1.29 is 4.74 Å². The lowest BCUT2D eigenvalue weighted by molar-refractivity contribution is -0.0334. The Labute approximate surface area is 94.7 Å². The third-order valence-electron chi connectivity index (χ3n) is 3.29. The van der Waals surface area contributed by atoms with Gasteiger partial charge in [-0.25, -0.2) is 0 Å². The van der Waals surface area contributed by atoms with E-state index in [0.717, 1.165) is 19.3 Å². The predicted octanol–water partition coefficient (Wildman–Crippen LogP) is 2.46. The van der Waals surface area contributed by atoms with Gasteiger partial charge in [-0.1, -0.05) is 27.7 Å². The normalized spacial score (nSPS) is 18.6. The molecule has 0 aromatic carbocycles. The lowest BCUT2D eigenvalue weighted by Crippen LogP contribution is -2.52. The van der Waals surface area contributed by atoms with E-state index < -0.39 is 0 Å². The topological polar surface area (TPSA) is 47.3 Å². The summed E-state index contributed by atoms with van der Waals surface area (Å²) in [5.74, 6) is 5.61. The van der Waals surface area contributed by atoms with Crippen molar-refractivity contribution in [2.45, 2.75) is 65.5 Å². The van der Waals surface area contributed by atoms with Crippen LogP contribution >= 0.6 is 0 Å². The van der Waals surface area contributed by atoms with E-state index in [1.165, 1.54) is 0 Å². The highest BCUT2D eigenvalue weighted by atomic mass is 16.5. The molecular weight excluding hydrogens is 188 g/mol. The van der Waals surface area contributed by atoms with E-state index in [9.17, 15) is 0 Å². The summed E-state index contributed by atoms with van der Waals surface area (Å²) in [6, 6.07) is 0.215. The minimum Gasteiger partial charge on any atom is -0.377 e. The van der Waals surface area contributed by atoms with Gasteiger partial charge in [0.05, 0.1) is 5.60 Å². The van der Waals surface area contributed by atoms with E-state index in [2.05, 4.69) is 40.0 Å². The number of hydrogen-bond donors (Lipinski definition) is 2. The number of rotatable bonds is 6. The molecule has 0 spiro atoms. The minimum atomic E-state index is -0.167. The van der Waals surface area contributed by atoms with Gasteiger partial charge in [-0.05, 0) is 31.6 Å². The summed E-state index contributed by atoms with van der Waals surface area (Å²) in [7, 11) is 1.75. The summed E-state index contributed by atoms with van der Waals surface area (Å²) >= 11 is 0. The van der Waals surface area contributed by atoms with Crippen molar-refractivity contribution in [2.24, 2.45) is 11.3 Å². The second-order valence-electron chi connectivity index (χ2n) is 5.69. The van der Waals surface area contributed by atoms with Gasteiger partial charge in [-0.3, -0.25) is 11.3 Å². The zero-order chi connectivity index (χ0) is 12.1. The Balaban J connectivity index is 4.35. The van der Waals surface area contributed by atoms with E-state index >= 15 is 0 Å². The fraction of sp³-hybridized carbons (Fsp3) is 1.00. The van der Waals surface area contributed by atoms with Crippen molar-refractivity contribution >= 4 is 0 Å². The van der Waals surface area contributed by atoms with Gasteiger partial charge in [0.15, 0.2) is 0 Å². The minimum absolute atomic E-state index is 0.167. The van der Waals surface area contributed by atoms with Gasteiger partial charge in [-0.15, -0.1) is 0 Å². The van der Waals surface area contributed by atoms with Gasteiger partial charge in [0.2, 0.25) is 0 Å². The maximum absolute atomic E-state index is 5.61. The maximum atomic E-state index is 5.61. The van der Waals surface area contributed by atoms with Crippen LogP contribution < -0.4 is 11.3 Å².